The number of rotatable bonds is 10. The largest absolute Gasteiger partial charge is 0.493 e. The quantitative estimate of drug-likeness (QED) is 0.645. The number of benzene rings is 1. The molecule has 0 aromatic heterocycles. The van der Waals surface area contributed by atoms with Crippen LogP contribution in [0.3, 0.4) is 0 Å². The second-order valence-electron chi connectivity index (χ2n) is 6.80. The number of ether oxygens (including phenoxy) is 1. The van der Waals surface area contributed by atoms with Crippen LogP contribution in [0, 0.1) is 0 Å². The van der Waals surface area contributed by atoms with Gasteiger partial charge >= 0.3 is 0 Å². The second kappa shape index (κ2) is 9.67. The number of primary amides is 1. The maximum atomic E-state index is 11.2. The van der Waals surface area contributed by atoms with Gasteiger partial charge in [0.2, 0.25) is 5.91 Å². The number of unbranched alkanes of at least 4 members (excludes halogenated alkanes) is 3. The van der Waals surface area contributed by atoms with Crippen molar-refractivity contribution in [2.75, 3.05) is 6.61 Å². The summed E-state index contributed by atoms with van der Waals surface area (Å²) in [5.41, 5.74) is 9.40. The van der Waals surface area contributed by atoms with Crippen LogP contribution in [0.25, 0.3) is 0 Å². The summed E-state index contributed by atoms with van der Waals surface area (Å²) in [5, 5.41) is 3.22. The molecule has 0 bridgehead atoms. The molecular formula is C20H32N2O2. The third-order valence-electron chi connectivity index (χ3n) is 4.87. The normalized spacial score (nSPS) is 14.9. The molecule has 2 rings (SSSR count). The van der Waals surface area contributed by atoms with Crippen molar-refractivity contribution in [1.82, 2.24) is 5.32 Å². The molecule has 134 valence electrons. The van der Waals surface area contributed by atoms with Gasteiger partial charge in [0.25, 0.3) is 0 Å². The Bertz CT molecular complexity index is 543. The minimum Gasteiger partial charge on any atom is -0.493 e. The van der Waals surface area contributed by atoms with Crippen LogP contribution in [-0.2, 0) is 24.2 Å². The molecule has 1 aliphatic rings. The molecule has 1 aromatic rings. The summed E-state index contributed by atoms with van der Waals surface area (Å²) in [7, 11) is 0. The molecule has 1 amide bonds. The fourth-order valence-electron chi connectivity index (χ4n) is 3.28. The Labute approximate surface area is 146 Å². The number of carbonyl (C=O) groups excluding carboxylic acids is 1. The van der Waals surface area contributed by atoms with E-state index in [2.05, 4.69) is 24.4 Å². The lowest BCUT2D eigenvalue weighted by Gasteiger charge is -2.23. The summed E-state index contributed by atoms with van der Waals surface area (Å²) in [6, 6.07) is 3.95. The smallest absolute Gasteiger partial charge is 0.234 e. The number of amides is 1. The van der Waals surface area contributed by atoms with E-state index in [1.807, 2.05) is 6.92 Å². The van der Waals surface area contributed by atoms with Crippen LogP contribution in [0.1, 0.15) is 69.1 Å². The summed E-state index contributed by atoms with van der Waals surface area (Å²) in [5.74, 6) is 0.754. The van der Waals surface area contributed by atoms with Crippen LogP contribution < -0.4 is 15.8 Å². The molecule has 0 aliphatic heterocycles. The SMILES string of the molecule is CCCCCCOc1ccc(CN[C@@H](C)C(N)=O)c2c1CCCC2. The molecule has 1 atom stereocenters. The highest BCUT2D eigenvalue weighted by Crippen LogP contribution is 2.32. The zero-order chi connectivity index (χ0) is 17.4. The zero-order valence-electron chi connectivity index (χ0n) is 15.2. The van der Waals surface area contributed by atoms with Crippen LogP contribution in [0.2, 0.25) is 0 Å². The maximum Gasteiger partial charge on any atom is 0.234 e. The van der Waals surface area contributed by atoms with Crippen LogP contribution in [0.5, 0.6) is 5.75 Å². The van der Waals surface area contributed by atoms with E-state index in [9.17, 15) is 4.79 Å². The number of carbonyl (C=O) groups is 1. The predicted octanol–water partition coefficient (Wildman–Crippen LogP) is 3.49. The highest BCUT2D eigenvalue weighted by Gasteiger charge is 2.18. The van der Waals surface area contributed by atoms with Crippen LogP contribution in [-0.4, -0.2) is 18.6 Å². The molecule has 3 N–H and O–H groups in total. The molecule has 4 nitrogen and oxygen atoms in total. The van der Waals surface area contributed by atoms with Crippen molar-refractivity contribution >= 4 is 5.91 Å². The third-order valence-corrected chi connectivity index (χ3v) is 4.87. The predicted molar refractivity (Wildman–Crippen MR) is 98.2 cm³/mol. The Kier molecular flexibility index (Phi) is 7.57. The van der Waals surface area contributed by atoms with Gasteiger partial charge in [0.1, 0.15) is 5.75 Å². The lowest BCUT2D eigenvalue weighted by atomic mass is 9.87. The molecule has 0 fully saturated rings. The van der Waals surface area contributed by atoms with Crippen LogP contribution in [0.15, 0.2) is 12.1 Å². The highest BCUT2D eigenvalue weighted by atomic mass is 16.5. The van der Waals surface area contributed by atoms with Gasteiger partial charge in [-0.05, 0) is 61.8 Å². The van der Waals surface area contributed by atoms with Crippen molar-refractivity contribution in [3.8, 4) is 5.75 Å². The van der Waals surface area contributed by atoms with E-state index < -0.39 is 0 Å². The molecule has 0 unspecified atom stereocenters. The Morgan fingerprint density at radius 3 is 2.67 bits per heavy atom. The summed E-state index contributed by atoms with van der Waals surface area (Å²) in [6.07, 6.45) is 9.56. The molecule has 4 heteroatoms. The zero-order valence-corrected chi connectivity index (χ0v) is 15.2. The molecule has 1 aliphatic carbocycles. The number of nitrogens with two attached hydrogens (primary N) is 1. The van der Waals surface area contributed by atoms with E-state index in [-0.39, 0.29) is 11.9 Å². The minimum atomic E-state index is -0.309. The van der Waals surface area contributed by atoms with Gasteiger partial charge in [0.15, 0.2) is 0 Å². The number of hydrogen-bond donors (Lipinski definition) is 2. The van der Waals surface area contributed by atoms with Gasteiger partial charge < -0.3 is 15.8 Å². The standard InChI is InChI=1S/C20H32N2O2/c1-3-4-5-8-13-24-19-12-11-16(14-22-15(2)20(21)23)17-9-6-7-10-18(17)19/h11-12,15,22H,3-10,13-14H2,1-2H3,(H2,21,23)/t15-/m0/s1. The summed E-state index contributed by atoms with van der Waals surface area (Å²) in [4.78, 5) is 11.2. The molecule has 1 aromatic carbocycles. The van der Waals surface area contributed by atoms with Gasteiger partial charge in [0, 0.05) is 6.54 Å². The highest BCUT2D eigenvalue weighted by molar-refractivity contribution is 5.79. The van der Waals surface area contributed by atoms with Crippen molar-refractivity contribution in [3.05, 3.63) is 28.8 Å². The molecule has 0 saturated carbocycles. The average molecular weight is 332 g/mol. The van der Waals surface area contributed by atoms with E-state index in [0.717, 1.165) is 31.6 Å². The van der Waals surface area contributed by atoms with Gasteiger partial charge in [-0.15, -0.1) is 0 Å². The summed E-state index contributed by atoms with van der Waals surface area (Å²) < 4.78 is 6.08. The van der Waals surface area contributed by atoms with Gasteiger partial charge in [-0.3, -0.25) is 4.79 Å². The number of nitrogens with one attached hydrogen (secondary N) is 1. The Morgan fingerprint density at radius 2 is 1.96 bits per heavy atom. The second-order valence-corrected chi connectivity index (χ2v) is 6.80. The Morgan fingerprint density at radius 1 is 1.21 bits per heavy atom. The molecule has 0 heterocycles. The van der Waals surface area contributed by atoms with Crippen molar-refractivity contribution in [2.24, 2.45) is 5.73 Å². The summed E-state index contributed by atoms with van der Waals surface area (Å²) in [6.45, 7) is 5.53. The lowest BCUT2D eigenvalue weighted by Crippen LogP contribution is -2.38. The monoisotopic (exact) mass is 332 g/mol. The first kappa shape index (κ1) is 18.8. The first-order chi connectivity index (χ1) is 11.6. The van der Waals surface area contributed by atoms with E-state index in [1.165, 1.54) is 48.8 Å². The average Bonchev–Trinajstić information content (AvgIpc) is 2.60. The van der Waals surface area contributed by atoms with Crippen molar-refractivity contribution in [3.63, 3.8) is 0 Å². The van der Waals surface area contributed by atoms with E-state index in [0.29, 0.717) is 6.54 Å². The molecule has 0 radical (unpaired) electrons. The number of fused-ring (bicyclic) bond motifs is 1. The first-order valence-electron chi connectivity index (χ1n) is 9.42. The van der Waals surface area contributed by atoms with Crippen LogP contribution in [0.4, 0.5) is 0 Å². The fraction of sp³-hybridized carbons (Fsp3) is 0.650. The van der Waals surface area contributed by atoms with Crippen LogP contribution >= 0.6 is 0 Å². The van der Waals surface area contributed by atoms with E-state index in [1.54, 1.807) is 0 Å². The fourth-order valence-corrected chi connectivity index (χ4v) is 3.28. The van der Waals surface area contributed by atoms with Crippen molar-refractivity contribution in [1.29, 1.82) is 0 Å². The van der Waals surface area contributed by atoms with Gasteiger partial charge in [0.05, 0.1) is 12.6 Å². The van der Waals surface area contributed by atoms with Gasteiger partial charge in [-0.25, -0.2) is 0 Å². The van der Waals surface area contributed by atoms with Gasteiger partial charge in [-0.1, -0.05) is 32.3 Å². The van der Waals surface area contributed by atoms with Gasteiger partial charge in [-0.2, -0.15) is 0 Å². The molecule has 0 saturated heterocycles. The Hall–Kier alpha value is -1.55. The summed E-state index contributed by atoms with van der Waals surface area (Å²) >= 11 is 0. The maximum absolute atomic E-state index is 11.2. The van der Waals surface area contributed by atoms with E-state index >= 15 is 0 Å². The lowest BCUT2D eigenvalue weighted by molar-refractivity contribution is -0.119. The van der Waals surface area contributed by atoms with E-state index in [4.69, 9.17) is 10.5 Å². The first-order valence-corrected chi connectivity index (χ1v) is 9.42. The topological polar surface area (TPSA) is 64.3 Å². The van der Waals surface area contributed by atoms with Crippen molar-refractivity contribution in [2.45, 2.75) is 77.8 Å². The number of hydrogen-bond acceptors (Lipinski definition) is 3. The Balaban J connectivity index is 2.02. The molecule has 0 spiro atoms. The minimum absolute atomic E-state index is 0.307. The van der Waals surface area contributed by atoms with Crippen molar-refractivity contribution < 1.29 is 9.53 Å². The third kappa shape index (κ3) is 5.23. The molecular weight excluding hydrogens is 300 g/mol. The molecule has 24 heavy (non-hydrogen) atoms.